The molecule has 0 aromatic heterocycles. The standard InChI is InChI=1S/C25H24F8N2O4S/c26-16-3-5-17(6-4-16)40(38,39)22-10-9-20(35-21(37)34-11-12-36)19(22)7-1-14-13-15(2-8-18(14)22)23(27,24(28,29)30)25(31,32)33/h2-6,8,13,19-20,36H,1,7,9-12H2,(H2,34,35,37)/t19-,20+,22+/m0/s1/i12D2. The first-order valence-electron chi connectivity index (χ1n) is 12.9. The van der Waals surface area contributed by atoms with Crippen molar-refractivity contribution in [2.75, 3.05) is 13.1 Å². The van der Waals surface area contributed by atoms with Crippen LogP contribution in [-0.2, 0) is 26.7 Å². The van der Waals surface area contributed by atoms with E-state index in [9.17, 15) is 53.4 Å². The van der Waals surface area contributed by atoms with Crippen LogP contribution in [0.3, 0.4) is 0 Å². The molecule has 4 rings (SSSR count). The van der Waals surface area contributed by atoms with Crippen LogP contribution < -0.4 is 10.6 Å². The van der Waals surface area contributed by atoms with E-state index in [1.54, 1.807) is 0 Å². The van der Waals surface area contributed by atoms with Gasteiger partial charge in [0.1, 0.15) is 10.6 Å². The second-order valence-electron chi connectivity index (χ2n) is 9.65. The molecule has 2 amide bonds. The van der Waals surface area contributed by atoms with Gasteiger partial charge in [0.05, 0.1) is 14.2 Å². The molecule has 0 aliphatic heterocycles. The van der Waals surface area contributed by atoms with Crippen molar-refractivity contribution in [2.24, 2.45) is 5.92 Å². The summed E-state index contributed by atoms with van der Waals surface area (Å²) in [7, 11) is -4.58. The number of halogens is 8. The minimum atomic E-state index is -6.38. The number of alkyl halides is 7. The summed E-state index contributed by atoms with van der Waals surface area (Å²) in [5, 5.41) is 13.8. The second kappa shape index (κ2) is 10.2. The summed E-state index contributed by atoms with van der Waals surface area (Å²) in [5.41, 5.74) is -7.93. The third kappa shape index (κ3) is 4.60. The molecule has 2 aliphatic carbocycles. The van der Waals surface area contributed by atoms with Crippen molar-refractivity contribution < 1.29 is 56.2 Å². The molecule has 1 saturated carbocycles. The van der Waals surface area contributed by atoms with E-state index < -0.39 is 80.0 Å². The highest BCUT2D eigenvalue weighted by Gasteiger charge is 2.73. The summed E-state index contributed by atoms with van der Waals surface area (Å²) in [6, 6.07) is 3.08. The van der Waals surface area contributed by atoms with Crippen molar-refractivity contribution in [1.82, 2.24) is 10.6 Å². The van der Waals surface area contributed by atoms with Gasteiger partial charge in [-0.25, -0.2) is 22.0 Å². The Morgan fingerprint density at radius 2 is 1.65 bits per heavy atom. The van der Waals surface area contributed by atoms with E-state index in [2.05, 4.69) is 10.6 Å². The van der Waals surface area contributed by atoms with Gasteiger partial charge >= 0.3 is 24.1 Å². The van der Waals surface area contributed by atoms with Gasteiger partial charge in [-0.15, -0.1) is 0 Å². The van der Waals surface area contributed by atoms with Crippen molar-refractivity contribution in [2.45, 2.75) is 59.4 Å². The van der Waals surface area contributed by atoms with Crippen LogP contribution in [0.25, 0.3) is 0 Å². The van der Waals surface area contributed by atoms with Crippen LogP contribution in [0.1, 0.15) is 38.7 Å². The molecule has 2 aromatic carbocycles. The molecule has 40 heavy (non-hydrogen) atoms. The Balaban J connectivity index is 1.85. The molecule has 2 aromatic rings. The third-order valence-corrected chi connectivity index (χ3v) is 10.2. The normalized spacial score (nSPS) is 24.4. The maximum Gasteiger partial charge on any atom is 0.435 e. The number of carbonyl (C=O) groups excluding carboxylic acids is 1. The first-order valence-corrected chi connectivity index (χ1v) is 13.4. The average molecular weight is 603 g/mol. The van der Waals surface area contributed by atoms with E-state index in [1.165, 1.54) is 0 Å². The first kappa shape index (κ1) is 27.2. The lowest BCUT2D eigenvalue weighted by molar-refractivity contribution is -0.348. The summed E-state index contributed by atoms with van der Waals surface area (Å²) in [6.07, 6.45) is -13.5. The van der Waals surface area contributed by atoms with Crippen LogP contribution in [0, 0.1) is 11.7 Å². The van der Waals surface area contributed by atoms with Gasteiger partial charge in [0.15, 0.2) is 9.84 Å². The lowest BCUT2D eigenvalue weighted by Crippen LogP contribution is -2.52. The van der Waals surface area contributed by atoms with Crippen molar-refractivity contribution in [3.05, 3.63) is 65.0 Å². The quantitative estimate of drug-likeness (QED) is 0.327. The van der Waals surface area contributed by atoms with E-state index in [-0.39, 0.29) is 42.9 Å². The first-order chi connectivity index (χ1) is 19.1. The van der Waals surface area contributed by atoms with Gasteiger partial charge in [0, 0.05) is 24.1 Å². The van der Waals surface area contributed by atoms with Gasteiger partial charge in [0.2, 0.25) is 0 Å². The Bertz CT molecular complexity index is 1450. The lowest BCUT2D eigenvalue weighted by atomic mass is 9.74. The average Bonchev–Trinajstić information content (AvgIpc) is 3.25. The van der Waals surface area contributed by atoms with Gasteiger partial charge in [-0.1, -0.05) is 18.2 Å². The minimum absolute atomic E-state index is 0.0378. The molecule has 15 heteroatoms. The molecule has 220 valence electrons. The van der Waals surface area contributed by atoms with Crippen LogP contribution in [0.15, 0.2) is 47.4 Å². The zero-order valence-electron chi connectivity index (χ0n) is 22.3. The van der Waals surface area contributed by atoms with Crippen molar-refractivity contribution in [3.63, 3.8) is 0 Å². The summed E-state index contributed by atoms with van der Waals surface area (Å²) >= 11 is 0. The zero-order chi connectivity index (χ0) is 31.5. The maximum absolute atomic E-state index is 14.9. The fraction of sp³-hybridized carbons (Fsp3) is 0.480. The Morgan fingerprint density at radius 3 is 2.23 bits per heavy atom. The highest BCUT2D eigenvalue weighted by molar-refractivity contribution is 7.92. The molecule has 0 heterocycles. The number of benzene rings is 2. The minimum Gasteiger partial charge on any atom is -0.395 e. The number of carbonyl (C=O) groups is 1. The van der Waals surface area contributed by atoms with Gasteiger partial charge in [0.25, 0.3) is 0 Å². The van der Waals surface area contributed by atoms with Crippen molar-refractivity contribution in [3.8, 4) is 0 Å². The number of aliphatic hydroxyl groups is 1. The Morgan fingerprint density at radius 1 is 1.02 bits per heavy atom. The number of rotatable bonds is 6. The largest absolute Gasteiger partial charge is 0.435 e. The number of nitrogens with one attached hydrogen (secondary N) is 2. The Labute approximate surface area is 226 Å². The van der Waals surface area contributed by atoms with Crippen LogP contribution in [-0.4, -0.2) is 51.1 Å². The molecular weight excluding hydrogens is 576 g/mol. The molecule has 1 fully saturated rings. The van der Waals surface area contributed by atoms with Crippen molar-refractivity contribution in [1.29, 1.82) is 0 Å². The van der Waals surface area contributed by atoms with Crippen LogP contribution >= 0.6 is 0 Å². The van der Waals surface area contributed by atoms with E-state index >= 15 is 0 Å². The molecule has 0 bridgehead atoms. The number of hydrogen-bond acceptors (Lipinski definition) is 4. The number of aryl methyl sites for hydroxylation is 1. The molecule has 2 aliphatic rings. The number of fused-ring (bicyclic) bond motifs is 3. The third-order valence-electron chi connectivity index (χ3n) is 7.62. The summed E-state index contributed by atoms with van der Waals surface area (Å²) < 4.78 is 150. The van der Waals surface area contributed by atoms with Gasteiger partial charge in [-0.3, -0.25) is 0 Å². The molecule has 0 unspecified atom stereocenters. The number of urea groups is 1. The SMILES string of the molecule is [2H]C([2H])(O)CNC(=O)N[C@@H]1CC[C@@]2(S(=O)(=O)c3ccc(F)cc3)c3ccc(C(F)(C(F)(F)F)C(F)(F)F)cc3CC[C@@H]12. The smallest absolute Gasteiger partial charge is 0.395 e. The van der Waals surface area contributed by atoms with E-state index in [1.807, 2.05) is 0 Å². The van der Waals surface area contributed by atoms with Crippen molar-refractivity contribution >= 4 is 15.9 Å². The monoisotopic (exact) mass is 602 g/mol. The fourth-order valence-corrected chi connectivity index (χ4v) is 8.36. The fourth-order valence-electron chi connectivity index (χ4n) is 5.89. The van der Waals surface area contributed by atoms with Crippen LogP contribution in [0.4, 0.5) is 39.9 Å². The zero-order valence-corrected chi connectivity index (χ0v) is 21.2. The number of sulfone groups is 1. The lowest BCUT2D eigenvalue weighted by Gasteiger charge is -2.43. The Hall–Kier alpha value is -2.94. The van der Waals surface area contributed by atoms with E-state index in [4.69, 9.17) is 2.74 Å². The number of amides is 2. The second-order valence-corrected chi connectivity index (χ2v) is 11.9. The predicted octanol–water partition coefficient (Wildman–Crippen LogP) is 4.80. The van der Waals surface area contributed by atoms with E-state index in [0.717, 1.165) is 30.3 Å². The number of hydrogen-bond donors (Lipinski definition) is 3. The highest BCUT2D eigenvalue weighted by atomic mass is 32.2. The topological polar surface area (TPSA) is 95.5 Å². The summed E-state index contributed by atoms with van der Waals surface area (Å²) in [6.45, 7) is -3.58. The molecule has 0 saturated heterocycles. The predicted molar refractivity (Wildman–Crippen MR) is 125 cm³/mol. The molecule has 3 atom stereocenters. The van der Waals surface area contributed by atoms with Crippen LogP contribution in [0.2, 0.25) is 0 Å². The summed E-state index contributed by atoms with van der Waals surface area (Å²) in [5.74, 6) is -1.77. The summed E-state index contributed by atoms with van der Waals surface area (Å²) in [4.78, 5) is 12.0. The molecule has 0 radical (unpaired) electrons. The molecule has 6 nitrogen and oxygen atoms in total. The van der Waals surface area contributed by atoms with Gasteiger partial charge in [-0.2, -0.15) is 26.3 Å². The van der Waals surface area contributed by atoms with Crippen LogP contribution in [0.5, 0.6) is 0 Å². The van der Waals surface area contributed by atoms with Gasteiger partial charge < -0.3 is 15.7 Å². The maximum atomic E-state index is 14.9. The van der Waals surface area contributed by atoms with Gasteiger partial charge in [-0.05, 0) is 61.1 Å². The molecular formula is C25H24F8N2O4S. The Kier molecular flexibility index (Phi) is 6.92. The molecule has 0 spiro atoms. The highest BCUT2D eigenvalue weighted by Crippen LogP contribution is 2.59. The van der Waals surface area contributed by atoms with E-state index in [0.29, 0.717) is 6.07 Å². The molecule has 3 N–H and O–H groups in total.